The minimum absolute atomic E-state index is 0.366. The minimum Gasteiger partial charge on any atom is -0.335 e. The highest BCUT2D eigenvalue weighted by Crippen LogP contribution is 2.21. The summed E-state index contributed by atoms with van der Waals surface area (Å²) in [4.78, 5) is 29.0. The zero-order valence-electron chi connectivity index (χ0n) is 13.2. The molecule has 0 heterocycles. The van der Waals surface area contributed by atoms with Crippen molar-refractivity contribution >= 4 is 22.6 Å². The fourth-order valence-corrected chi connectivity index (χ4v) is 2.45. The molecule has 0 saturated carbocycles. The molecule has 3 aromatic rings. The van der Waals surface area contributed by atoms with Gasteiger partial charge in [-0.1, -0.05) is 60.7 Å². The normalized spacial score (nSPS) is 11.7. The van der Waals surface area contributed by atoms with Crippen LogP contribution in [0.4, 0.5) is 0 Å². The second-order valence-electron chi connectivity index (χ2n) is 5.55. The lowest BCUT2D eigenvalue weighted by Gasteiger charge is -2.13. The fraction of sp³-hybridized carbons (Fsp3) is 0.100. The summed E-state index contributed by atoms with van der Waals surface area (Å²) < 4.78 is 0. The first kappa shape index (κ1) is 15.7. The van der Waals surface area contributed by atoms with Crippen molar-refractivity contribution in [1.29, 1.82) is 0 Å². The second-order valence-corrected chi connectivity index (χ2v) is 5.55. The largest absolute Gasteiger partial charge is 0.362 e. The van der Waals surface area contributed by atoms with Gasteiger partial charge in [-0.05, 0) is 35.4 Å². The maximum absolute atomic E-state index is 12.2. The van der Waals surface area contributed by atoms with Gasteiger partial charge in [-0.3, -0.25) is 4.79 Å². The summed E-state index contributed by atoms with van der Waals surface area (Å²) in [6.45, 7) is 1.77. The Bertz CT molecular complexity index is 874. The zero-order valence-corrected chi connectivity index (χ0v) is 13.2. The molecule has 1 N–H and O–H groups in total. The molecule has 3 aromatic carbocycles. The van der Waals surface area contributed by atoms with E-state index in [1.807, 2.05) is 42.5 Å². The van der Waals surface area contributed by atoms with Gasteiger partial charge < -0.3 is 4.84 Å². The molecule has 0 fully saturated rings. The molecule has 0 aliphatic carbocycles. The van der Waals surface area contributed by atoms with Crippen LogP contribution in [0.1, 0.15) is 28.8 Å². The number of benzene rings is 3. The van der Waals surface area contributed by atoms with Crippen LogP contribution in [-0.4, -0.2) is 11.9 Å². The van der Waals surface area contributed by atoms with Crippen molar-refractivity contribution < 1.29 is 14.4 Å². The topological polar surface area (TPSA) is 55.4 Å². The highest BCUT2D eigenvalue weighted by atomic mass is 16.7. The van der Waals surface area contributed by atoms with Gasteiger partial charge in [0.1, 0.15) is 0 Å². The summed E-state index contributed by atoms with van der Waals surface area (Å²) >= 11 is 0. The van der Waals surface area contributed by atoms with Crippen LogP contribution in [0.5, 0.6) is 0 Å². The summed E-state index contributed by atoms with van der Waals surface area (Å²) in [5.41, 5.74) is 3.49. The van der Waals surface area contributed by atoms with Crippen molar-refractivity contribution in [2.75, 3.05) is 0 Å². The number of hydrogen-bond acceptors (Lipinski definition) is 3. The molecule has 0 aromatic heterocycles. The highest BCUT2D eigenvalue weighted by molar-refractivity contribution is 5.91. The van der Waals surface area contributed by atoms with Crippen molar-refractivity contribution in [1.82, 2.24) is 5.48 Å². The summed E-state index contributed by atoms with van der Waals surface area (Å²) in [5.74, 6) is -1.39. The predicted molar refractivity (Wildman–Crippen MR) is 92.4 cm³/mol. The number of nitrogens with one attached hydrogen (secondary N) is 1. The summed E-state index contributed by atoms with van der Waals surface area (Å²) in [5, 5.41) is 2.18. The molecule has 24 heavy (non-hydrogen) atoms. The molecule has 0 radical (unpaired) electrons. The van der Waals surface area contributed by atoms with Crippen molar-refractivity contribution in [3.05, 3.63) is 83.9 Å². The molecule has 0 bridgehead atoms. The Kier molecular flexibility index (Phi) is 4.57. The third-order valence-electron chi connectivity index (χ3n) is 3.92. The molecule has 4 heteroatoms. The Morgan fingerprint density at radius 3 is 2.29 bits per heavy atom. The van der Waals surface area contributed by atoms with Gasteiger partial charge in [0.25, 0.3) is 5.91 Å². The van der Waals surface area contributed by atoms with Crippen LogP contribution in [-0.2, 0) is 9.63 Å². The SMILES string of the molecule is CC(C(=O)NOC(=O)c1ccccc1)c1ccc2ccccc2c1. The Morgan fingerprint density at radius 2 is 1.54 bits per heavy atom. The number of fused-ring (bicyclic) bond motifs is 1. The van der Waals surface area contributed by atoms with E-state index in [9.17, 15) is 9.59 Å². The molecule has 0 aliphatic heterocycles. The number of carbonyl (C=O) groups excluding carboxylic acids is 2. The molecule has 1 amide bonds. The first-order chi connectivity index (χ1) is 11.6. The summed E-state index contributed by atoms with van der Waals surface area (Å²) in [7, 11) is 0. The highest BCUT2D eigenvalue weighted by Gasteiger charge is 2.17. The van der Waals surface area contributed by atoms with E-state index >= 15 is 0 Å². The minimum atomic E-state index is -0.588. The second kappa shape index (κ2) is 6.96. The number of amides is 1. The summed E-state index contributed by atoms with van der Waals surface area (Å²) in [6, 6.07) is 22.3. The third kappa shape index (κ3) is 3.43. The molecule has 1 atom stereocenters. The lowest BCUT2D eigenvalue weighted by molar-refractivity contribution is -0.131. The van der Waals surface area contributed by atoms with E-state index < -0.39 is 11.9 Å². The fourth-order valence-electron chi connectivity index (χ4n) is 2.45. The van der Waals surface area contributed by atoms with Gasteiger partial charge in [-0.15, -0.1) is 0 Å². The lowest BCUT2D eigenvalue weighted by atomic mass is 9.97. The molecule has 0 saturated heterocycles. The molecule has 120 valence electrons. The van der Waals surface area contributed by atoms with Crippen LogP contribution in [0, 0.1) is 0 Å². The molecular formula is C20H17NO3. The third-order valence-corrected chi connectivity index (χ3v) is 3.92. The molecule has 4 nitrogen and oxygen atoms in total. The van der Waals surface area contributed by atoms with E-state index in [-0.39, 0.29) is 5.91 Å². The van der Waals surface area contributed by atoms with Gasteiger partial charge in [0.05, 0.1) is 11.5 Å². The van der Waals surface area contributed by atoms with Crippen LogP contribution in [0.2, 0.25) is 0 Å². The van der Waals surface area contributed by atoms with Crippen molar-refractivity contribution in [2.24, 2.45) is 0 Å². The van der Waals surface area contributed by atoms with Crippen LogP contribution < -0.4 is 5.48 Å². The lowest BCUT2D eigenvalue weighted by Crippen LogP contribution is -2.30. The van der Waals surface area contributed by atoms with Crippen LogP contribution in [0.3, 0.4) is 0 Å². The quantitative estimate of drug-likeness (QED) is 0.746. The monoisotopic (exact) mass is 319 g/mol. The molecule has 3 rings (SSSR count). The Hall–Kier alpha value is -3.14. The van der Waals surface area contributed by atoms with E-state index in [1.54, 1.807) is 37.3 Å². The van der Waals surface area contributed by atoms with E-state index in [0.717, 1.165) is 16.3 Å². The molecule has 0 aliphatic rings. The van der Waals surface area contributed by atoms with Crippen molar-refractivity contribution in [2.45, 2.75) is 12.8 Å². The van der Waals surface area contributed by atoms with E-state index in [2.05, 4.69) is 5.48 Å². The standard InChI is InChI=1S/C20H17NO3/c1-14(17-12-11-15-7-5-6-10-18(15)13-17)19(22)21-24-20(23)16-8-3-2-4-9-16/h2-14H,1H3,(H,21,22). The van der Waals surface area contributed by atoms with Crippen molar-refractivity contribution in [3.8, 4) is 0 Å². The smallest absolute Gasteiger partial charge is 0.335 e. The first-order valence-electron chi connectivity index (χ1n) is 7.70. The Labute approximate surface area is 140 Å². The van der Waals surface area contributed by atoms with Gasteiger partial charge >= 0.3 is 5.97 Å². The number of carbonyl (C=O) groups is 2. The number of hydroxylamine groups is 1. The van der Waals surface area contributed by atoms with Crippen LogP contribution >= 0.6 is 0 Å². The molecule has 1 unspecified atom stereocenters. The van der Waals surface area contributed by atoms with E-state index in [1.165, 1.54) is 0 Å². The average Bonchev–Trinajstić information content (AvgIpc) is 2.65. The predicted octanol–water partition coefficient (Wildman–Crippen LogP) is 3.83. The number of rotatable bonds is 3. The van der Waals surface area contributed by atoms with Gasteiger partial charge in [0, 0.05) is 0 Å². The van der Waals surface area contributed by atoms with Crippen LogP contribution in [0.15, 0.2) is 72.8 Å². The van der Waals surface area contributed by atoms with Gasteiger partial charge in [-0.25, -0.2) is 4.79 Å². The zero-order chi connectivity index (χ0) is 16.9. The molecular weight excluding hydrogens is 302 g/mol. The maximum Gasteiger partial charge on any atom is 0.362 e. The Morgan fingerprint density at radius 1 is 0.875 bits per heavy atom. The number of hydrogen-bond donors (Lipinski definition) is 1. The van der Waals surface area contributed by atoms with Gasteiger partial charge in [-0.2, -0.15) is 5.48 Å². The van der Waals surface area contributed by atoms with Crippen molar-refractivity contribution in [3.63, 3.8) is 0 Å². The van der Waals surface area contributed by atoms with E-state index in [0.29, 0.717) is 5.56 Å². The Balaban J connectivity index is 1.66. The first-order valence-corrected chi connectivity index (χ1v) is 7.70. The van der Waals surface area contributed by atoms with E-state index in [4.69, 9.17) is 4.84 Å². The molecule has 0 spiro atoms. The maximum atomic E-state index is 12.2. The van der Waals surface area contributed by atoms with Crippen LogP contribution in [0.25, 0.3) is 10.8 Å². The average molecular weight is 319 g/mol. The van der Waals surface area contributed by atoms with Gasteiger partial charge in [0.15, 0.2) is 0 Å². The van der Waals surface area contributed by atoms with Gasteiger partial charge in [0.2, 0.25) is 0 Å². The summed E-state index contributed by atoms with van der Waals surface area (Å²) in [6.07, 6.45) is 0.